The molecule has 1 saturated carbocycles. The van der Waals surface area contributed by atoms with E-state index >= 15 is 0 Å². The molecule has 2 spiro atoms. The van der Waals surface area contributed by atoms with Crippen LogP contribution in [0.4, 0.5) is 0 Å². The van der Waals surface area contributed by atoms with Crippen molar-refractivity contribution in [1.82, 2.24) is 4.90 Å². The maximum absolute atomic E-state index is 12.1. The van der Waals surface area contributed by atoms with Crippen molar-refractivity contribution in [3.05, 3.63) is 0 Å². The molecule has 1 aliphatic carbocycles. The highest BCUT2D eigenvalue weighted by Gasteiger charge is 2.61. The fraction of sp³-hybridized carbons (Fsp3) is 0.923. The molecule has 0 radical (unpaired) electrons. The summed E-state index contributed by atoms with van der Waals surface area (Å²) in [5.74, 6) is 0.562. The van der Waals surface area contributed by atoms with Gasteiger partial charge in [0, 0.05) is 25.8 Å². The summed E-state index contributed by atoms with van der Waals surface area (Å²) in [6, 6.07) is 0. The van der Waals surface area contributed by atoms with Gasteiger partial charge in [-0.2, -0.15) is 0 Å². The van der Waals surface area contributed by atoms with Gasteiger partial charge in [0.1, 0.15) is 0 Å². The molecule has 4 fully saturated rings. The van der Waals surface area contributed by atoms with E-state index in [0.717, 1.165) is 32.2 Å². The fourth-order valence-corrected chi connectivity index (χ4v) is 4.60. The molecule has 2 unspecified atom stereocenters. The Hall–Kier alpha value is -0.610. The molecule has 17 heavy (non-hydrogen) atoms. The van der Waals surface area contributed by atoms with Gasteiger partial charge in [-0.15, -0.1) is 0 Å². The van der Waals surface area contributed by atoms with E-state index in [1.807, 2.05) is 0 Å². The molecule has 3 aliphatic heterocycles. The molecule has 0 aromatic rings. The van der Waals surface area contributed by atoms with Crippen molar-refractivity contribution in [2.24, 2.45) is 5.92 Å². The number of piperidine rings is 1. The zero-order valence-electron chi connectivity index (χ0n) is 10.1. The number of carbonyl (C=O) groups is 1. The number of amides is 1. The molecule has 2 atom stereocenters. The molecular weight excluding hydrogens is 218 g/mol. The second-order valence-corrected chi connectivity index (χ2v) is 5.98. The van der Waals surface area contributed by atoms with E-state index in [1.165, 1.54) is 12.8 Å². The van der Waals surface area contributed by atoms with E-state index in [-0.39, 0.29) is 11.3 Å². The van der Waals surface area contributed by atoms with Crippen molar-refractivity contribution in [1.29, 1.82) is 0 Å². The average molecular weight is 237 g/mol. The highest BCUT2D eigenvalue weighted by Crippen LogP contribution is 2.55. The number of hydrogen-bond acceptors (Lipinski definition) is 3. The van der Waals surface area contributed by atoms with Crippen molar-refractivity contribution < 1.29 is 14.3 Å². The minimum absolute atomic E-state index is 0.0830. The summed E-state index contributed by atoms with van der Waals surface area (Å²) >= 11 is 0. The van der Waals surface area contributed by atoms with Crippen LogP contribution >= 0.6 is 0 Å². The van der Waals surface area contributed by atoms with Crippen LogP contribution in [0.1, 0.15) is 38.5 Å². The molecule has 0 bridgehead atoms. The van der Waals surface area contributed by atoms with Crippen molar-refractivity contribution >= 4 is 5.91 Å². The van der Waals surface area contributed by atoms with Crippen LogP contribution in [0.25, 0.3) is 0 Å². The second kappa shape index (κ2) is 3.23. The molecule has 4 rings (SSSR count). The normalized spacial score (nSPS) is 43.2. The van der Waals surface area contributed by atoms with Gasteiger partial charge < -0.3 is 14.4 Å². The zero-order chi connectivity index (χ0) is 11.5. The quantitative estimate of drug-likeness (QED) is 0.637. The summed E-state index contributed by atoms with van der Waals surface area (Å²) < 4.78 is 11.7. The number of rotatable bonds is 0. The van der Waals surface area contributed by atoms with Crippen molar-refractivity contribution in [3.63, 3.8) is 0 Å². The average Bonchev–Trinajstić information content (AvgIpc) is 2.94. The van der Waals surface area contributed by atoms with Crippen LogP contribution in [0.15, 0.2) is 0 Å². The summed E-state index contributed by atoms with van der Waals surface area (Å²) in [6.45, 7) is 2.26. The van der Waals surface area contributed by atoms with Gasteiger partial charge in [0.2, 0.25) is 5.91 Å². The van der Waals surface area contributed by atoms with Crippen molar-refractivity contribution in [2.45, 2.75) is 49.9 Å². The molecule has 3 saturated heterocycles. The van der Waals surface area contributed by atoms with Gasteiger partial charge in [-0.3, -0.25) is 4.79 Å². The number of nitrogens with zero attached hydrogens (tertiary/aromatic N) is 1. The van der Waals surface area contributed by atoms with E-state index < -0.39 is 0 Å². The summed E-state index contributed by atoms with van der Waals surface area (Å²) in [5, 5.41) is 0. The van der Waals surface area contributed by atoms with Gasteiger partial charge in [0.25, 0.3) is 0 Å². The molecule has 0 aromatic heterocycles. The first kappa shape index (κ1) is 10.3. The topological polar surface area (TPSA) is 38.8 Å². The maximum Gasteiger partial charge on any atom is 0.223 e. The van der Waals surface area contributed by atoms with Crippen LogP contribution in [-0.2, 0) is 14.3 Å². The minimum atomic E-state index is -0.357. The molecule has 4 nitrogen and oxygen atoms in total. The number of hydrogen-bond donors (Lipinski definition) is 0. The van der Waals surface area contributed by atoms with Crippen LogP contribution in [0.2, 0.25) is 0 Å². The SMILES string of the molecule is O=C1CC2CCCC23CC2(CCN13)OCCO2. The lowest BCUT2D eigenvalue weighted by atomic mass is 9.78. The molecule has 1 amide bonds. The summed E-state index contributed by atoms with van der Waals surface area (Å²) in [5.41, 5.74) is 0.0830. The Morgan fingerprint density at radius 3 is 2.88 bits per heavy atom. The number of carbonyl (C=O) groups excluding carboxylic acids is 1. The summed E-state index contributed by atoms with van der Waals surface area (Å²) in [4.78, 5) is 14.2. The van der Waals surface area contributed by atoms with Gasteiger partial charge in [-0.1, -0.05) is 6.42 Å². The largest absolute Gasteiger partial charge is 0.347 e. The first-order valence-corrected chi connectivity index (χ1v) is 6.83. The Kier molecular flexibility index (Phi) is 1.96. The zero-order valence-corrected chi connectivity index (χ0v) is 10.1. The number of ether oxygens (including phenoxy) is 2. The first-order valence-electron chi connectivity index (χ1n) is 6.83. The van der Waals surface area contributed by atoms with Crippen LogP contribution in [0.3, 0.4) is 0 Å². The molecule has 4 heteroatoms. The maximum atomic E-state index is 12.1. The molecule has 0 aromatic carbocycles. The van der Waals surface area contributed by atoms with Crippen LogP contribution in [0, 0.1) is 5.92 Å². The summed E-state index contributed by atoms with van der Waals surface area (Å²) in [6.07, 6.45) is 6.14. The lowest BCUT2D eigenvalue weighted by molar-refractivity contribution is -0.212. The van der Waals surface area contributed by atoms with Crippen molar-refractivity contribution in [2.75, 3.05) is 19.8 Å². The monoisotopic (exact) mass is 237 g/mol. The molecular formula is C13H19NO3. The highest BCUT2D eigenvalue weighted by atomic mass is 16.7. The lowest BCUT2D eigenvalue weighted by Crippen LogP contribution is -2.58. The predicted octanol–water partition coefficient (Wildman–Crippen LogP) is 1.29. The Morgan fingerprint density at radius 2 is 2.06 bits per heavy atom. The highest BCUT2D eigenvalue weighted by molar-refractivity contribution is 5.80. The van der Waals surface area contributed by atoms with Crippen LogP contribution < -0.4 is 0 Å². The lowest BCUT2D eigenvalue weighted by Gasteiger charge is -2.49. The van der Waals surface area contributed by atoms with Gasteiger partial charge in [-0.05, 0) is 18.8 Å². The Morgan fingerprint density at radius 1 is 1.24 bits per heavy atom. The Balaban J connectivity index is 1.70. The van der Waals surface area contributed by atoms with E-state index in [0.29, 0.717) is 25.0 Å². The van der Waals surface area contributed by atoms with Gasteiger partial charge >= 0.3 is 0 Å². The van der Waals surface area contributed by atoms with E-state index in [4.69, 9.17) is 9.47 Å². The van der Waals surface area contributed by atoms with Gasteiger partial charge in [0.15, 0.2) is 5.79 Å². The van der Waals surface area contributed by atoms with E-state index in [1.54, 1.807) is 0 Å². The Bertz CT molecular complexity index is 364. The third-order valence-corrected chi connectivity index (χ3v) is 5.29. The van der Waals surface area contributed by atoms with Gasteiger partial charge in [-0.25, -0.2) is 0 Å². The third-order valence-electron chi connectivity index (χ3n) is 5.29. The van der Waals surface area contributed by atoms with Crippen molar-refractivity contribution in [3.8, 4) is 0 Å². The van der Waals surface area contributed by atoms with E-state index in [2.05, 4.69) is 4.90 Å². The molecule has 3 heterocycles. The van der Waals surface area contributed by atoms with Crippen LogP contribution in [-0.4, -0.2) is 41.9 Å². The third kappa shape index (κ3) is 1.23. The minimum Gasteiger partial charge on any atom is -0.347 e. The molecule has 4 aliphatic rings. The first-order chi connectivity index (χ1) is 8.24. The van der Waals surface area contributed by atoms with E-state index in [9.17, 15) is 4.79 Å². The Labute approximate surface area is 101 Å². The van der Waals surface area contributed by atoms with Crippen LogP contribution in [0.5, 0.6) is 0 Å². The second-order valence-electron chi connectivity index (χ2n) is 5.98. The smallest absolute Gasteiger partial charge is 0.223 e. The fourth-order valence-electron chi connectivity index (χ4n) is 4.60. The van der Waals surface area contributed by atoms with Gasteiger partial charge in [0.05, 0.1) is 18.8 Å². The molecule has 94 valence electrons. The standard InChI is InChI=1S/C13H19NO3/c15-11-8-10-2-1-3-12(10)9-13(4-5-14(11)12)16-6-7-17-13/h10H,1-9H2. The molecule has 0 N–H and O–H groups in total. The predicted molar refractivity (Wildman–Crippen MR) is 60.3 cm³/mol. The summed E-state index contributed by atoms with van der Waals surface area (Å²) in [7, 11) is 0.